The Bertz CT molecular complexity index is 939. The van der Waals surface area contributed by atoms with Crippen molar-refractivity contribution in [2.24, 2.45) is 0 Å². The summed E-state index contributed by atoms with van der Waals surface area (Å²) in [4.78, 5) is 11.0. The molecule has 4 rings (SSSR count). The van der Waals surface area contributed by atoms with Crippen molar-refractivity contribution in [1.82, 2.24) is 15.3 Å². The summed E-state index contributed by atoms with van der Waals surface area (Å²) in [5.74, 6) is 1.17. The first-order valence-electron chi connectivity index (χ1n) is 8.62. The molecule has 27 heavy (non-hydrogen) atoms. The molecule has 0 unspecified atom stereocenters. The minimum absolute atomic E-state index is 0.379. The number of aromatic nitrogens is 2. The molecule has 2 heterocycles. The number of benzene rings is 2. The predicted octanol–water partition coefficient (Wildman–Crippen LogP) is 4.14. The Morgan fingerprint density at radius 1 is 1.00 bits per heavy atom. The van der Waals surface area contributed by atoms with Gasteiger partial charge in [0.25, 0.3) is 0 Å². The van der Waals surface area contributed by atoms with Crippen LogP contribution >= 0.6 is 23.8 Å². The number of anilines is 2. The van der Waals surface area contributed by atoms with Crippen LogP contribution in [0.3, 0.4) is 0 Å². The quantitative estimate of drug-likeness (QED) is 0.511. The maximum atomic E-state index is 6.21. The van der Waals surface area contributed by atoms with Crippen molar-refractivity contribution in [2.75, 3.05) is 10.2 Å². The average Bonchev–Trinajstić information content (AvgIpc) is 3.11. The summed E-state index contributed by atoms with van der Waals surface area (Å²) >= 11 is 11.6. The molecule has 1 aliphatic heterocycles. The van der Waals surface area contributed by atoms with Gasteiger partial charge in [0.15, 0.2) is 5.11 Å². The molecule has 136 valence electrons. The number of fused-ring (bicyclic) bond motifs is 1. The van der Waals surface area contributed by atoms with Gasteiger partial charge in [0, 0.05) is 25.7 Å². The van der Waals surface area contributed by atoms with Crippen LogP contribution in [0.2, 0.25) is 5.15 Å². The first kappa shape index (κ1) is 17.7. The Hall–Kier alpha value is -2.70. The van der Waals surface area contributed by atoms with Gasteiger partial charge >= 0.3 is 0 Å². The fourth-order valence-electron chi connectivity index (χ4n) is 3.04. The zero-order valence-corrected chi connectivity index (χ0v) is 16.1. The van der Waals surface area contributed by atoms with Gasteiger partial charge in [-0.05, 0) is 28.9 Å². The lowest BCUT2D eigenvalue weighted by Crippen LogP contribution is -2.29. The topological polar surface area (TPSA) is 53.1 Å². The summed E-state index contributed by atoms with van der Waals surface area (Å²) in [6, 6.07) is 20.2. The second kappa shape index (κ2) is 7.90. The average molecular weight is 396 g/mol. The van der Waals surface area contributed by atoms with Crippen molar-refractivity contribution in [2.45, 2.75) is 19.6 Å². The summed E-state index contributed by atoms with van der Waals surface area (Å²) in [6.45, 7) is 2.24. The van der Waals surface area contributed by atoms with E-state index in [1.54, 1.807) is 6.07 Å². The lowest BCUT2D eigenvalue weighted by molar-refractivity contribution is 0.852. The van der Waals surface area contributed by atoms with E-state index in [2.05, 4.69) is 49.8 Å². The largest absolute Gasteiger partial charge is 0.358 e. The number of rotatable bonds is 4. The third-order valence-corrected chi connectivity index (χ3v) is 4.81. The molecule has 1 aromatic heterocycles. The summed E-state index contributed by atoms with van der Waals surface area (Å²) in [5, 5.41) is 7.01. The van der Waals surface area contributed by atoms with Crippen molar-refractivity contribution in [1.29, 1.82) is 0 Å². The molecular formula is C20H18ClN5S. The third-order valence-electron chi connectivity index (χ3n) is 4.37. The van der Waals surface area contributed by atoms with Crippen LogP contribution < -0.4 is 15.5 Å². The van der Waals surface area contributed by atoms with Crippen LogP contribution in [0.25, 0.3) is 0 Å². The van der Waals surface area contributed by atoms with Gasteiger partial charge in [0.05, 0.1) is 0 Å². The lowest BCUT2D eigenvalue weighted by atomic mass is 10.1. The Morgan fingerprint density at radius 3 is 2.37 bits per heavy atom. The van der Waals surface area contributed by atoms with Crippen molar-refractivity contribution in [3.8, 4) is 0 Å². The molecule has 7 heteroatoms. The molecule has 0 amide bonds. The Kier molecular flexibility index (Phi) is 5.18. The fraction of sp³-hybridized carbons (Fsp3) is 0.150. The molecule has 0 saturated carbocycles. The van der Waals surface area contributed by atoms with Gasteiger partial charge in [0.1, 0.15) is 11.0 Å². The van der Waals surface area contributed by atoms with Crippen LogP contribution in [0.1, 0.15) is 16.7 Å². The van der Waals surface area contributed by atoms with E-state index in [4.69, 9.17) is 23.8 Å². The van der Waals surface area contributed by atoms with Gasteiger partial charge in [-0.25, -0.2) is 4.98 Å². The van der Waals surface area contributed by atoms with Crippen LogP contribution in [0.5, 0.6) is 0 Å². The van der Waals surface area contributed by atoms with E-state index in [1.807, 2.05) is 30.3 Å². The van der Waals surface area contributed by atoms with Gasteiger partial charge in [-0.3, -0.25) is 0 Å². The molecule has 0 bridgehead atoms. The molecule has 2 aromatic carbocycles. The van der Waals surface area contributed by atoms with Gasteiger partial charge in [-0.2, -0.15) is 4.98 Å². The van der Waals surface area contributed by atoms with E-state index in [-0.39, 0.29) is 0 Å². The van der Waals surface area contributed by atoms with Gasteiger partial charge in [-0.1, -0.05) is 66.2 Å². The van der Waals surface area contributed by atoms with Crippen LogP contribution in [0, 0.1) is 0 Å². The van der Waals surface area contributed by atoms with E-state index in [0.29, 0.717) is 22.8 Å². The Balaban J connectivity index is 1.43. The molecule has 0 radical (unpaired) electrons. The zero-order chi connectivity index (χ0) is 18.6. The highest BCUT2D eigenvalue weighted by Gasteiger charge is 2.20. The monoisotopic (exact) mass is 395 g/mol. The van der Waals surface area contributed by atoms with E-state index in [9.17, 15) is 0 Å². The molecule has 5 nitrogen and oxygen atoms in total. The summed E-state index contributed by atoms with van der Waals surface area (Å²) in [5.41, 5.74) is 3.76. The van der Waals surface area contributed by atoms with E-state index in [1.165, 1.54) is 11.1 Å². The predicted molar refractivity (Wildman–Crippen MR) is 113 cm³/mol. The normalized spacial score (nSPS) is 12.6. The zero-order valence-electron chi connectivity index (χ0n) is 14.5. The van der Waals surface area contributed by atoms with Gasteiger partial charge in [-0.15, -0.1) is 0 Å². The van der Waals surface area contributed by atoms with Crippen molar-refractivity contribution in [3.63, 3.8) is 0 Å². The number of nitrogens with zero attached hydrogens (tertiary/aromatic N) is 3. The number of hydrogen-bond donors (Lipinski definition) is 2. The molecule has 2 N–H and O–H groups in total. The SMILES string of the molecule is S=C(NCc1ccccc1)Nc1nc(Cl)cc(N2Cc3ccccc3C2)n1. The van der Waals surface area contributed by atoms with E-state index >= 15 is 0 Å². The second-order valence-corrected chi connectivity index (χ2v) is 7.09. The van der Waals surface area contributed by atoms with Crippen molar-refractivity contribution in [3.05, 3.63) is 82.5 Å². The highest BCUT2D eigenvalue weighted by Crippen LogP contribution is 2.28. The molecular weight excluding hydrogens is 378 g/mol. The molecule has 3 aromatic rings. The molecule has 0 spiro atoms. The standard InChI is InChI=1S/C20H18ClN5S/c21-17-10-18(26-12-15-8-4-5-9-16(15)13-26)24-19(23-17)25-20(27)22-11-14-6-2-1-3-7-14/h1-10H,11-13H2,(H2,22,23,24,25,27). The first-order chi connectivity index (χ1) is 13.2. The maximum Gasteiger partial charge on any atom is 0.232 e. The van der Waals surface area contributed by atoms with E-state index < -0.39 is 0 Å². The first-order valence-corrected chi connectivity index (χ1v) is 9.41. The highest BCUT2D eigenvalue weighted by atomic mass is 35.5. The van der Waals surface area contributed by atoms with E-state index in [0.717, 1.165) is 24.5 Å². The van der Waals surface area contributed by atoms with Gasteiger partial charge in [0.2, 0.25) is 5.95 Å². The summed E-state index contributed by atoms with van der Waals surface area (Å²) in [6.07, 6.45) is 0. The number of thiocarbonyl (C=S) groups is 1. The Labute approximate surface area is 168 Å². The lowest BCUT2D eigenvalue weighted by Gasteiger charge is -2.18. The summed E-state index contributed by atoms with van der Waals surface area (Å²) < 4.78 is 0. The van der Waals surface area contributed by atoms with Crippen molar-refractivity contribution < 1.29 is 0 Å². The maximum absolute atomic E-state index is 6.21. The van der Waals surface area contributed by atoms with Crippen LogP contribution in [-0.2, 0) is 19.6 Å². The number of hydrogen-bond acceptors (Lipinski definition) is 4. The number of halogens is 1. The second-order valence-electron chi connectivity index (χ2n) is 6.29. The number of nitrogens with one attached hydrogen (secondary N) is 2. The van der Waals surface area contributed by atoms with Crippen LogP contribution in [0.4, 0.5) is 11.8 Å². The third kappa shape index (κ3) is 4.35. The van der Waals surface area contributed by atoms with Crippen LogP contribution in [0.15, 0.2) is 60.7 Å². The highest BCUT2D eigenvalue weighted by molar-refractivity contribution is 7.80. The summed E-state index contributed by atoms with van der Waals surface area (Å²) in [7, 11) is 0. The molecule has 1 aliphatic rings. The van der Waals surface area contributed by atoms with Crippen LogP contribution in [-0.4, -0.2) is 15.1 Å². The minimum atomic E-state index is 0.379. The smallest absolute Gasteiger partial charge is 0.232 e. The molecule has 0 fully saturated rings. The van der Waals surface area contributed by atoms with Crippen molar-refractivity contribution >= 4 is 40.7 Å². The Morgan fingerprint density at radius 2 is 1.67 bits per heavy atom. The fourth-order valence-corrected chi connectivity index (χ4v) is 3.38. The molecule has 0 atom stereocenters. The molecule has 0 saturated heterocycles. The van der Waals surface area contributed by atoms with Gasteiger partial charge < -0.3 is 15.5 Å². The minimum Gasteiger partial charge on any atom is -0.358 e. The molecule has 0 aliphatic carbocycles.